The van der Waals surface area contributed by atoms with Crippen LogP contribution in [0.2, 0.25) is 0 Å². The molecule has 0 aromatic heterocycles. The maximum absolute atomic E-state index is 8.88. The van der Waals surface area contributed by atoms with Gasteiger partial charge in [0.1, 0.15) is 0 Å². The van der Waals surface area contributed by atoms with Gasteiger partial charge in [-0.1, -0.05) is 30.5 Å². The van der Waals surface area contributed by atoms with Crippen LogP contribution in [0.1, 0.15) is 37.7 Å². The molecule has 1 aliphatic carbocycles. The lowest BCUT2D eigenvalue weighted by molar-refractivity contribution is 0.318. The second-order valence-corrected chi connectivity index (χ2v) is 6.67. The van der Waals surface area contributed by atoms with Crippen LogP contribution in [0, 0.1) is 0 Å². The first kappa shape index (κ1) is 13.7. The van der Waals surface area contributed by atoms with E-state index in [1.54, 1.807) is 0 Å². The zero-order valence-electron chi connectivity index (χ0n) is 10.1. The molecule has 0 bridgehead atoms. The fourth-order valence-corrected chi connectivity index (χ4v) is 4.38. The Kier molecular flexibility index (Phi) is 4.95. The number of benzene rings is 1. The van der Waals surface area contributed by atoms with Gasteiger partial charge in [-0.25, -0.2) is 0 Å². The summed E-state index contributed by atoms with van der Waals surface area (Å²) in [4.78, 5) is 1.09. The Labute approximate surface area is 120 Å². The van der Waals surface area contributed by atoms with Gasteiger partial charge in [-0.05, 0) is 40.9 Å². The molecule has 1 saturated carbocycles. The largest absolute Gasteiger partial charge is 0.409 e. The molecule has 1 fully saturated rings. The molecule has 0 aliphatic heterocycles. The molecule has 2 rings (SSSR count). The number of thioether (sulfide) groups is 1. The molecule has 0 atom stereocenters. The molecule has 3 N–H and O–H groups in total. The molecule has 1 aliphatic rings. The van der Waals surface area contributed by atoms with Crippen molar-refractivity contribution in [2.75, 3.05) is 0 Å². The van der Waals surface area contributed by atoms with E-state index in [-0.39, 0.29) is 5.84 Å². The highest BCUT2D eigenvalue weighted by Crippen LogP contribution is 2.37. The van der Waals surface area contributed by atoms with Crippen molar-refractivity contribution in [1.82, 2.24) is 0 Å². The molecule has 0 unspecified atom stereocenters. The third kappa shape index (κ3) is 3.20. The van der Waals surface area contributed by atoms with E-state index in [0.29, 0.717) is 5.25 Å². The van der Waals surface area contributed by atoms with E-state index in [1.807, 2.05) is 30.0 Å². The van der Waals surface area contributed by atoms with Gasteiger partial charge in [-0.15, -0.1) is 11.8 Å². The van der Waals surface area contributed by atoms with Gasteiger partial charge in [0.05, 0.1) is 0 Å². The summed E-state index contributed by atoms with van der Waals surface area (Å²) in [5, 5.41) is 12.7. The zero-order valence-corrected chi connectivity index (χ0v) is 12.5. The lowest BCUT2D eigenvalue weighted by atomic mass is 10.0. The van der Waals surface area contributed by atoms with Crippen LogP contribution in [-0.2, 0) is 0 Å². The predicted molar refractivity (Wildman–Crippen MR) is 79.4 cm³/mol. The summed E-state index contributed by atoms with van der Waals surface area (Å²) in [6.07, 6.45) is 6.48. The number of amidine groups is 1. The SMILES string of the molecule is N/C(=N/O)c1c(Br)cccc1SC1CCCCC1. The summed E-state index contributed by atoms with van der Waals surface area (Å²) in [6.45, 7) is 0. The molecule has 5 heteroatoms. The van der Waals surface area contributed by atoms with Gasteiger partial charge in [-0.2, -0.15) is 0 Å². The van der Waals surface area contributed by atoms with Crippen molar-refractivity contribution in [3.8, 4) is 0 Å². The zero-order chi connectivity index (χ0) is 13.0. The second kappa shape index (κ2) is 6.48. The normalized spacial score (nSPS) is 17.9. The number of oxime groups is 1. The van der Waals surface area contributed by atoms with Crippen LogP contribution in [0.25, 0.3) is 0 Å². The van der Waals surface area contributed by atoms with Crippen LogP contribution in [0.3, 0.4) is 0 Å². The molecule has 3 nitrogen and oxygen atoms in total. The molecule has 0 heterocycles. The highest BCUT2D eigenvalue weighted by atomic mass is 79.9. The number of rotatable bonds is 3. The Morgan fingerprint density at radius 3 is 2.72 bits per heavy atom. The fourth-order valence-electron chi connectivity index (χ4n) is 2.26. The van der Waals surface area contributed by atoms with E-state index >= 15 is 0 Å². The molecular formula is C13H17BrN2OS. The number of hydrogen-bond acceptors (Lipinski definition) is 3. The summed E-state index contributed by atoms with van der Waals surface area (Å²) in [6, 6.07) is 5.94. The Morgan fingerprint density at radius 1 is 1.33 bits per heavy atom. The minimum Gasteiger partial charge on any atom is -0.409 e. The summed E-state index contributed by atoms with van der Waals surface area (Å²) < 4.78 is 0.874. The van der Waals surface area contributed by atoms with Crippen molar-refractivity contribution in [1.29, 1.82) is 0 Å². The molecule has 1 aromatic carbocycles. The number of nitrogens with zero attached hydrogens (tertiary/aromatic N) is 1. The Morgan fingerprint density at radius 2 is 2.06 bits per heavy atom. The summed E-state index contributed by atoms with van der Waals surface area (Å²) >= 11 is 5.32. The predicted octanol–water partition coefficient (Wildman–Crippen LogP) is 3.97. The maximum Gasteiger partial charge on any atom is 0.172 e. The van der Waals surface area contributed by atoms with Crippen molar-refractivity contribution in [2.24, 2.45) is 10.9 Å². The first-order valence-corrected chi connectivity index (χ1v) is 7.82. The highest BCUT2D eigenvalue weighted by molar-refractivity contribution is 9.10. The standard InChI is InChI=1S/C13H17BrN2OS/c14-10-7-4-8-11(12(10)13(15)16-17)18-9-5-2-1-3-6-9/h4,7-9,17H,1-3,5-6H2,(H2,15,16). The number of hydrogen-bond donors (Lipinski definition) is 2. The van der Waals surface area contributed by atoms with Crippen LogP contribution in [0.15, 0.2) is 32.7 Å². The van der Waals surface area contributed by atoms with Crippen LogP contribution in [-0.4, -0.2) is 16.3 Å². The minimum absolute atomic E-state index is 0.167. The molecule has 98 valence electrons. The van der Waals surface area contributed by atoms with E-state index in [9.17, 15) is 0 Å². The third-order valence-electron chi connectivity index (χ3n) is 3.19. The smallest absolute Gasteiger partial charge is 0.172 e. The average Bonchev–Trinajstić information content (AvgIpc) is 2.39. The number of halogens is 1. The van der Waals surface area contributed by atoms with Crippen LogP contribution >= 0.6 is 27.7 Å². The maximum atomic E-state index is 8.88. The van der Waals surface area contributed by atoms with E-state index in [4.69, 9.17) is 10.9 Å². The molecule has 0 saturated heterocycles. The van der Waals surface area contributed by atoms with Gasteiger partial charge in [0.2, 0.25) is 0 Å². The molecular weight excluding hydrogens is 312 g/mol. The molecule has 0 amide bonds. The van der Waals surface area contributed by atoms with Crippen LogP contribution in [0.4, 0.5) is 0 Å². The Bertz CT molecular complexity index is 445. The summed E-state index contributed by atoms with van der Waals surface area (Å²) in [7, 11) is 0. The quantitative estimate of drug-likeness (QED) is 0.382. The van der Waals surface area contributed by atoms with E-state index < -0.39 is 0 Å². The Balaban J connectivity index is 2.23. The van der Waals surface area contributed by atoms with Gasteiger partial charge in [0, 0.05) is 20.2 Å². The van der Waals surface area contributed by atoms with Gasteiger partial charge >= 0.3 is 0 Å². The third-order valence-corrected chi connectivity index (χ3v) is 5.24. The molecule has 1 aromatic rings. The first-order chi connectivity index (χ1) is 8.72. The minimum atomic E-state index is 0.167. The van der Waals surface area contributed by atoms with Crippen molar-refractivity contribution in [2.45, 2.75) is 42.2 Å². The summed E-state index contributed by atoms with van der Waals surface area (Å²) in [5.74, 6) is 0.167. The topological polar surface area (TPSA) is 58.6 Å². The monoisotopic (exact) mass is 328 g/mol. The van der Waals surface area contributed by atoms with Crippen LogP contribution in [0.5, 0.6) is 0 Å². The molecule has 0 spiro atoms. The Hall–Kier alpha value is -0.680. The van der Waals surface area contributed by atoms with Gasteiger partial charge in [0.15, 0.2) is 5.84 Å². The second-order valence-electron chi connectivity index (χ2n) is 4.48. The van der Waals surface area contributed by atoms with Gasteiger partial charge in [-0.3, -0.25) is 0 Å². The van der Waals surface area contributed by atoms with E-state index in [2.05, 4.69) is 21.1 Å². The van der Waals surface area contributed by atoms with Crippen LogP contribution < -0.4 is 5.73 Å². The van der Waals surface area contributed by atoms with Crippen molar-refractivity contribution in [3.05, 3.63) is 28.2 Å². The van der Waals surface area contributed by atoms with Crippen molar-refractivity contribution < 1.29 is 5.21 Å². The van der Waals surface area contributed by atoms with Crippen molar-refractivity contribution >= 4 is 33.5 Å². The molecule has 0 radical (unpaired) electrons. The lowest BCUT2D eigenvalue weighted by Gasteiger charge is -2.22. The van der Waals surface area contributed by atoms with E-state index in [1.165, 1.54) is 32.1 Å². The fraction of sp³-hybridized carbons (Fsp3) is 0.462. The lowest BCUT2D eigenvalue weighted by Crippen LogP contribution is -2.16. The highest BCUT2D eigenvalue weighted by Gasteiger charge is 2.18. The van der Waals surface area contributed by atoms with Gasteiger partial charge in [0.25, 0.3) is 0 Å². The van der Waals surface area contributed by atoms with Gasteiger partial charge < -0.3 is 10.9 Å². The summed E-state index contributed by atoms with van der Waals surface area (Å²) in [5.41, 5.74) is 6.56. The van der Waals surface area contributed by atoms with E-state index in [0.717, 1.165) is 14.9 Å². The number of nitrogens with two attached hydrogens (primary N) is 1. The first-order valence-electron chi connectivity index (χ1n) is 6.15. The average molecular weight is 329 g/mol. The van der Waals surface area contributed by atoms with Crippen molar-refractivity contribution in [3.63, 3.8) is 0 Å². The molecule has 18 heavy (non-hydrogen) atoms.